The van der Waals surface area contributed by atoms with Gasteiger partial charge in [-0.15, -0.1) is 0 Å². The molecule has 2 rings (SSSR count). The van der Waals surface area contributed by atoms with Crippen molar-refractivity contribution in [3.8, 4) is 0 Å². The molecule has 2 N–H and O–H groups in total. The third-order valence-corrected chi connectivity index (χ3v) is 6.50. The second-order valence-corrected chi connectivity index (χ2v) is 9.52. The van der Waals surface area contributed by atoms with Gasteiger partial charge in [-0.25, -0.2) is 9.59 Å². The number of nitrogens with one attached hydrogen (secondary N) is 1. The summed E-state index contributed by atoms with van der Waals surface area (Å²) < 4.78 is 54.8. The molecule has 0 bridgehead atoms. The van der Waals surface area contributed by atoms with Gasteiger partial charge in [0, 0.05) is 0 Å². The van der Waals surface area contributed by atoms with Gasteiger partial charge in [-0.1, -0.05) is 62.2 Å². The summed E-state index contributed by atoms with van der Waals surface area (Å²) >= 11 is 0. The number of methoxy groups -OCH3 is 1. The second-order valence-electron chi connectivity index (χ2n) is 9.52. The van der Waals surface area contributed by atoms with E-state index in [1.54, 1.807) is 19.1 Å². The molecule has 0 saturated heterocycles. The fourth-order valence-corrected chi connectivity index (χ4v) is 4.33. The molecule has 39 heavy (non-hydrogen) atoms. The molecule has 216 valence electrons. The van der Waals surface area contributed by atoms with Gasteiger partial charge in [-0.05, 0) is 54.9 Å². The number of rotatable bonds is 15. The number of esters is 1. The van der Waals surface area contributed by atoms with Crippen molar-refractivity contribution in [2.75, 3.05) is 20.3 Å². The number of halogens is 3. The van der Waals surface area contributed by atoms with E-state index in [9.17, 15) is 27.9 Å². The lowest BCUT2D eigenvalue weighted by Gasteiger charge is -2.30. The summed E-state index contributed by atoms with van der Waals surface area (Å²) in [5, 5.41) is 12.9. The van der Waals surface area contributed by atoms with E-state index < -0.39 is 35.9 Å². The minimum atomic E-state index is -4.43. The minimum absolute atomic E-state index is 0.0180. The van der Waals surface area contributed by atoms with Crippen LogP contribution in [0.2, 0.25) is 0 Å². The molecule has 7 nitrogen and oxygen atoms in total. The van der Waals surface area contributed by atoms with Crippen molar-refractivity contribution >= 4 is 12.1 Å². The fourth-order valence-electron chi connectivity index (χ4n) is 4.33. The van der Waals surface area contributed by atoms with E-state index in [4.69, 9.17) is 14.2 Å². The maximum atomic E-state index is 13.0. The summed E-state index contributed by atoms with van der Waals surface area (Å²) in [6.07, 6.45) is -3.08. The largest absolute Gasteiger partial charge is 0.467 e. The molecular weight excluding hydrogens is 515 g/mol. The maximum absolute atomic E-state index is 13.0. The van der Waals surface area contributed by atoms with Gasteiger partial charge in [0.1, 0.15) is 6.61 Å². The van der Waals surface area contributed by atoms with Gasteiger partial charge in [-0.2, -0.15) is 13.2 Å². The van der Waals surface area contributed by atoms with Crippen LogP contribution in [-0.2, 0) is 38.2 Å². The molecule has 0 aliphatic rings. The third-order valence-electron chi connectivity index (χ3n) is 6.50. The van der Waals surface area contributed by atoms with E-state index in [2.05, 4.69) is 5.32 Å². The lowest BCUT2D eigenvalue weighted by molar-refractivity contribution is -0.145. The number of alkyl halides is 3. The van der Waals surface area contributed by atoms with Crippen LogP contribution in [0.5, 0.6) is 0 Å². The Morgan fingerprint density at radius 2 is 1.67 bits per heavy atom. The molecule has 0 radical (unpaired) electrons. The molecule has 4 atom stereocenters. The van der Waals surface area contributed by atoms with Gasteiger partial charge in [0.05, 0.1) is 32.0 Å². The Hall–Kier alpha value is -3.11. The Labute approximate surface area is 227 Å². The fraction of sp³-hybridized carbons (Fsp3) is 0.517. The zero-order valence-electron chi connectivity index (χ0n) is 22.6. The van der Waals surface area contributed by atoms with Gasteiger partial charge in [0.2, 0.25) is 0 Å². The average Bonchev–Trinajstić information content (AvgIpc) is 2.91. The normalized spacial score (nSPS) is 14.6. The highest BCUT2D eigenvalue weighted by Gasteiger charge is 2.31. The Bertz CT molecular complexity index is 998. The van der Waals surface area contributed by atoms with Crippen molar-refractivity contribution in [2.45, 2.75) is 64.5 Å². The van der Waals surface area contributed by atoms with Crippen LogP contribution in [0.25, 0.3) is 0 Å². The van der Waals surface area contributed by atoms with Crippen molar-refractivity contribution in [2.24, 2.45) is 11.8 Å². The van der Waals surface area contributed by atoms with Crippen molar-refractivity contribution in [3.05, 3.63) is 71.3 Å². The van der Waals surface area contributed by atoms with Gasteiger partial charge in [-0.3, -0.25) is 0 Å². The predicted octanol–water partition coefficient (Wildman–Crippen LogP) is 5.54. The summed E-state index contributed by atoms with van der Waals surface area (Å²) in [6, 6.07) is 12.8. The van der Waals surface area contributed by atoms with E-state index in [1.807, 2.05) is 25.1 Å². The Kier molecular flexibility index (Phi) is 13.3. The summed E-state index contributed by atoms with van der Waals surface area (Å²) in [5.74, 6) is -1.16. The lowest BCUT2D eigenvalue weighted by atomic mass is 9.81. The number of carbonyl (C=O) groups excluding carboxylic acids is 2. The molecule has 0 aliphatic carbocycles. The molecule has 10 heteroatoms. The number of unbranched alkanes of at least 4 members (excludes halogenated alkanes) is 1. The van der Waals surface area contributed by atoms with E-state index in [0.29, 0.717) is 18.4 Å². The first kappa shape index (κ1) is 32.1. The Balaban J connectivity index is 2.06. The van der Waals surface area contributed by atoms with Crippen LogP contribution in [0.1, 0.15) is 49.8 Å². The third kappa shape index (κ3) is 11.3. The molecule has 0 aliphatic heterocycles. The highest BCUT2D eigenvalue weighted by Crippen LogP contribution is 2.31. The molecule has 0 fully saturated rings. The first-order chi connectivity index (χ1) is 18.5. The molecule has 2 aromatic rings. The SMILES string of the molecule is CCCC[C@H]([C@H](COCC(NC(=O)OCc1ccccc1)C(=O)OC)Cc1ccc(C(F)(F)F)cc1)[C@H](C)O. The highest BCUT2D eigenvalue weighted by molar-refractivity contribution is 5.81. The van der Waals surface area contributed by atoms with Crippen LogP contribution >= 0.6 is 0 Å². The number of alkyl carbamates (subject to hydrolysis) is 1. The van der Waals surface area contributed by atoms with Crippen LogP contribution in [0.15, 0.2) is 54.6 Å². The van der Waals surface area contributed by atoms with E-state index in [1.165, 1.54) is 19.2 Å². The first-order valence-electron chi connectivity index (χ1n) is 13.0. The minimum Gasteiger partial charge on any atom is -0.467 e. The van der Waals surface area contributed by atoms with Gasteiger partial charge in [0.15, 0.2) is 6.04 Å². The molecule has 0 heterocycles. The highest BCUT2D eigenvalue weighted by atomic mass is 19.4. The summed E-state index contributed by atoms with van der Waals surface area (Å²) in [6.45, 7) is 3.63. The summed E-state index contributed by atoms with van der Waals surface area (Å²) in [4.78, 5) is 24.6. The van der Waals surface area contributed by atoms with Crippen LogP contribution in [0, 0.1) is 11.8 Å². The second kappa shape index (κ2) is 16.1. The van der Waals surface area contributed by atoms with Gasteiger partial charge in [0.25, 0.3) is 0 Å². The lowest BCUT2D eigenvalue weighted by Crippen LogP contribution is -2.45. The van der Waals surface area contributed by atoms with Crippen LogP contribution < -0.4 is 5.32 Å². The predicted molar refractivity (Wildman–Crippen MR) is 140 cm³/mol. The zero-order valence-corrected chi connectivity index (χ0v) is 22.6. The molecular formula is C29H38F3NO6. The van der Waals surface area contributed by atoms with Crippen molar-refractivity contribution in [3.63, 3.8) is 0 Å². The Morgan fingerprint density at radius 1 is 1.00 bits per heavy atom. The van der Waals surface area contributed by atoms with Crippen molar-refractivity contribution in [1.82, 2.24) is 5.32 Å². The number of hydrogen-bond donors (Lipinski definition) is 2. The van der Waals surface area contributed by atoms with E-state index in [-0.39, 0.29) is 31.7 Å². The number of hydrogen-bond acceptors (Lipinski definition) is 6. The molecule has 0 spiro atoms. The Morgan fingerprint density at radius 3 is 2.23 bits per heavy atom. The van der Waals surface area contributed by atoms with Crippen molar-refractivity contribution in [1.29, 1.82) is 0 Å². The van der Waals surface area contributed by atoms with Gasteiger partial charge < -0.3 is 24.6 Å². The topological polar surface area (TPSA) is 94.1 Å². The van der Waals surface area contributed by atoms with Crippen molar-refractivity contribution < 1.29 is 42.1 Å². The molecule has 1 amide bonds. The number of aliphatic hydroxyl groups is 1. The van der Waals surface area contributed by atoms with Gasteiger partial charge >= 0.3 is 18.2 Å². The van der Waals surface area contributed by atoms with E-state index >= 15 is 0 Å². The smallest absolute Gasteiger partial charge is 0.416 e. The maximum Gasteiger partial charge on any atom is 0.416 e. The van der Waals surface area contributed by atoms with Crippen LogP contribution in [-0.4, -0.2) is 49.6 Å². The number of benzene rings is 2. The molecule has 2 aromatic carbocycles. The molecule has 0 aromatic heterocycles. The summed E-state index contributed by atoms with van der Waals surface area (Å²) in [7, 11) is 1.19. The molecule has 1 unspecified atom stereocenters. The van der Waals surface area contributed by atoms with Crippen LogP contribution in [0.4, 0.5) is 18.0 Å². The molecule has 0 saturated carbocycles. The number of aliphatic hydroxyl groups excluding tert-OH is 1. The average molecular weight is 554 g/mol. The zero-order chi connectivity index (χ0) is 28.8. The quantitative estimate of drug-likeness (QED) is 0.282. The first-order valence-corrected chi connectivity index (χ1v) is 13.0. The summed E-state index contributed by atoms with van der Waals surface area (Å²) in [5.41, 5.74) is 0.718. The number of carbonyl (C=O) groups is 2. The van der Waals surface area contributed by atoms with E-state index in [0.717, 1.165) is 30.5 Å². The number of amides is 1. The standard InChI is InChI=1S/C29H38F3NO6/c1-4-5-11-25(20(2)34)23(16-21-12-14-24(15-13-21)29(30,31)32)18-38-19-26(27(35)37-3)33-28(36)39-17-22-9-7-6-8-10-22/h6-10,12-15,20,23,25-26,34H,4-5,11,16-19H2,1-3H3,(H,33,36)/t20-,23-,25-,26?/m0/s1. The number of ether oxygens (including phenoxy) is 3. The van der Waals surface area contributed by atoms with Crippen LogP contribution in [0.3, 0.4) is 0 Å². The monoisotopic (exact) mass is 553 g/mol.